The average molecular weight is 360 g/mol. The van der Waals surface area contributed by atoms with Crippen LogP contribution in [0.25, 0.3) is 11.1 Å². The molecule has 140 valence electrons. The predicted octanol–water partition coefficient (Wildman–Crippen LogP) is 3.04. The van der Waals surface area contributed by atoms with Gasteiger partial charge < -0.3 is 29.2 Å². The van der Waals surface area contributed by atoms with Gasteiger partial charge in [-0.1, -0.05) is 12.1 Å². The number of hydrogen-bond acceptors (Lipinski definition) is 6. The molecule has 0 amide bonds. The van der Waals surface area contributed by atoms with Gasteiger partial charge in [0, 0.05) is 11.1 Å². The van der Waals surface area contributed by atoms with Gasteiger partial charge in [-0.3, -0.25) is 0 Å². The second-order valence-electron chi connectivity index (χ2n) is 6.86. The second-order valence-corrected chi connectivity index (χ2v) is 6.86. The molecular formula is C20H24O6. The van der Waals surface area contributed by atoms with Crippen molar-refractivity contribution in [1.29, 1.82) is 0 Å². The SMILES string of the molecule is COc1ccc(-c2ccc3c(c2)COC3O)c(OCC(C)(C)O)c1OC. The van der Waals surface area contributed by atoms with Crippen LogP contribution in [0.5, 0.6) is 17.2 Å². The number of aliphatic hydroxyl groups is 2. The van der Waals surface area contributed by atoms with Crippen LogP contribution in [-0.2, 0) is 11.3 Å². The molecule has 0 bridgehead atoms. The molecule has 2 aromatic rings. The number of aliphatic hydroxyl groups excluding tert-OH is 1. The number of rotatable bonds is 6. The summed E-state index contributed by atoms with van der Waals surface area (Å²) < 4.78 is 22.1. The molecule has 0 saturated heterocycles. The predicted molar refractivity (Wildman–Crippen MR) is 96.5 cm³/mol. The molecule has 3 rings (SSSR count). The van der Waals surface area contributed by atoms with Crippen molar-refractivity contribution >= 4 is 0 Å². The molecule has 1 atom stereocenters. The van der Waals surface area contributed by atoms with Crippen molar-refractivity contribution in [3.8, 4) is 28.4 Å². The largest absolute Gasteiger partial charge is 0.493 e. The maximum atomic E-state index is 10.0. The minimum absolute atomic E-state index is 0.0935. The monoisotopic (exact) mass is 360 g/mol. The molecule has 0 aliphatic carbocycles. The maximum absolute atomic E-state index is 10.0. The molecule has 2 aromatic carbocycles. The molecule has 6 nitrogen and oxygen atoms in total. The Bertz CT molecular complexity index is 794. The first-order valence-electron chi connectivity index (χ1n) is 8.37. The maximum Gasteiger partial charge on any atom is 0.203 e. The molecule has 1 aliphatic heterocycles. The molecule has 0 saturated carbocycles. The van der Waals surface area contributed by atoms with E-state index >= 15 is 0 Å². The fraction of sp³-hybridized carbons (Fsp3) is 0.400. The minimum Gasteiger partial charge on any atom is -0.493 e. The second kappa shape index (κ2) is 7.15. The third-order valence-electron chi connectivity index (χ3n) is 4.19. The van der Waals surface area contributed by atoms with Crippen molar-refractivity contribution in [2.75, 3.05) is 20.8 Å². The molecule has 1 unspecified atom stereocenters. The quantitative estimate of drug-likeness (QED) is 0.825. The van der Waals surface area contributed by atoms with E-state index in [0.717, 1.165) is 22.3 Å². The standard InChI is InChI=1S/C20H24O6/c1-20(2,22)11-26-17-14(7-8-16(23-3)18(17)24-4)12-5-6-15-13(9-12)10-25-19(15)21/h5-9,19,21-22H,10-11H2,1-4H3. The van der Waals surface area contributed by atoms with Crippen molar-refractivity contribution in [3.05, 3.63) is 41.5 Å². The van der Waals surface area contributed by atoms with Crippen LogP contribution in [0.4, 0.5) is 0 Å². The lowest BCUT2D eigenvalue weighted by atomic mass is 9.98. The number of methoxy groups -OCH3 is 2. The van der Waals surface area contributed by atoms with E-state index in [9.17, 15) is 10.2 Å². The van der Waals surface area contributed by atoms with Gasteiger partial charge in [-0.2, -0.15) is 0 Å². The first-order chi connectivity index (χ1) is 12.3. The Labute approximate surface area is 152 Å². The van der Waals surface area contributed by atoms with Gasteiger partial charge >= 0.3 is 0 Å². The molecule has 26 heavy (non-hydrogen) atoms. The van der Waals surface area contributed by atoms with Gasteiger partial charge in [0.05, 0.1) is 26.4 Å². The third kappa shape index (κ3) is 3.62. The molecule has 2 N–H and O–H groups in total. The zero-order chi connectivity index (χ0) is 18.9. The minimum atomic E-state index is -0.999. The van der Waals surface area contributed by atoms with Crippen LogP contribution >= 0.6 is 0 Å². The van der Waals surface area contributed by atoms with Crippen molar-refractivity contribution < 1.29 is 29.2 Å². The van der Waals surface area contributed by atoms with E-state index in [1.807, 2.05) is 30.3 Å². The van der Waals surface area contributed by atoms with Crippen molar-refractivity contribution in [2.24, 2.45) is 0 Å². The Morgan fingerprint density at radius 1 is 1.12 bits per heavy atom. The molecule has 0 aromatic heterocycles. The van der Waals surface area contributed by atoms with Gasteiger partial charge in [0.1, 0.15) is 6.61 Å². The lowest BCUT2D eigenvalue weighted by Gasteiger charge is -2.22. The highest BCUT2D eigenvalue weighted by molar-refractivity contribution is 5.77. The summed E-state index contributed by atoms with van der Waals surface area (Å²) >= 11 is 0. The summed E-state index contributed by atoms with van der Waals surface area (Å²) in [4.78, 5) is 0. The third-order valence-corrected chi connectivity index (χ3v) is 4.19. The lowest BCUT2D eigenvalue weighted by molar-refractivity contribution is -0.0918. The van der Waals surface area contributed by atoms with Crippen LogP contribution in [-0.4, -0.2) is 36.6 Å². The van der Waals surface area contributed by atoms with Crippen LogP contribution in [0.1, 0.15) is 31.3 Å². The molecule has 1 heterocycles. The van der Waals surface area contributed by atoms with Crippen LogP contribution < -0.4 is 14.2 Å². The van der Waals surface area contributed by atoms with E-state index in [1.165, 1.54) is 0 Å². The van der Waals surface area contributed by atoms with E-state index in [4.69, 9.17) is 18.9 Å². The summed E-state index contributed by atoms with van der Waals surface area (Å²) in [5, 5.41) is 19.9. The zero-order valence-electron chi connectivity index (χ0n) is 15.4. The summed E-state index contributed by atoms with van der Waals surface area (Å²) in [7, 11) is 3.11. The van der Waals surface area contributed by atoms with E-state index in [2.05, 4.69) is 0 Å². The number of ether oxygens (including phenoxy) is 4. The van der Waals surface area contributed by atoms with Crippen LogP contribution in [0.15, 0.2) is 30.3 Å². The molecule has 0 spiro atoms. The Morgan fingerprint density at radius 2 is 1.88 bits per heavy atom. The van der Waals surface area contributed by atoms with E-state index in [1.54, 1.807) is 28.1 Å². The van der Waals surface area contributed by atoms with Crippen LogP contribution in [0, 0.1) is 0 Å². The summed E-state index contributed by atoms with van der Waals surface area (Å²) in [5.74, 6) is 1.50. The summed E-state index contributed by atoms with van der Waals surface area (Å²) in [6.07, 6.45) is -0.879. The molecular weight excluding hydrogens is 336 g/mol. The summed E-state index contributed by atoms with van der Waals surface area (Å²) in [6.45, 7) is 3.80. The van der Waals surface area contributed by atoms with Gasteiger partial charge in [-0.05, 0) is 43.2 Å². The highest BCUT2D eigenvalue weighted by Gasteiger charge is 2.24. The Balaban J connectivity index is 2.08. The number of hydrogen-bond donors (Lipinski definition) is 2. The highest BCUT2D eigenvalue weighted by Crippen LogP contribution is 2.45. The summed E-state index contributed by atoms with van der Waals surface area (Å²) in [5.41, 5.74) is 2.40. The fourth-order valence-electron chi connectivity index (χ4n) is 2.92. The van der Waals surface area contributed by atoms with E-state index in [-0.39, 0.29) is 6.61 Å². The smallest absolute Gasteiger partial charge is 0.203 e. The van der Waals surface area contributed by atoms with E-state index in [0.29, 0.717) is 23.9 Å². The summed E-state index contributed by atoms with van der Waals surface area (Å²) in [6, 6.07) is 9.40. The van der Waals surface area contributed by atoms with Crippen LogP contribution in [0.3, 0.4) is 0 Å². The van der Waals surface area contributed by atoms with Crippen LogP contribution in [0.2, 0.25) is 0 Å². The topological polar surface area (TPSA) is 77.4 Å². The molecule has 0 fully saturated rings. The van der Waals surface area contributed by atoms with Gasteiger partial charge in [0.15, 0.2) is 17.8 Å². The molecule has 0 radical (unpaired) electrons. The van der Waals surface area contributed by atoms with Gasteiger partial charge in [0.2, 0.25) is 5.75 Å². The fourth-order valence-corrected chi connectivity index (χ4v) is 2.92. The molecule has 1 aliphatic rings. The van der Waals surface area contributed by atoms with Gasteiger partial charge in [-0.15, -0.1) is 0 Å². The molecule has 6 heteroatoms. The average Bonchev–Trinajstić information content (AvgIpc) is 2.98. The number of benzene rings is 2. The van der Waals surface area contributed by atoms with Gasteiger partial charge in [-0.25, -0.2) is 0 Å². The first kappa shape index (κ1) is 18.5. The highest BCUT2D eigenvalue weighted by atomic mass is 16.6. The Kier molecular flexibility index (Phi) is 5.09. The first-order valence-corrected chi connectivity index (χ1v) is 8.37. The normalized spacial score (nSPS) is 16.3. The van der Waals surface area contributed by atoms with Gasteiger partial charge in [0.25, 0.3) is 0 Å². The zero-order valence-corrected chi connectivity index (χ0v) is 15.4. The van der Waals surface area contributed by atoms with E-state index < -0.39 is 11.9 Å². The number of fused-ring (bicyclic) bond motifs is 1. The van der Waals surface area contributed by atoms with Crippen molar-refractivity contribution in [1.82, 2.24) is 0 Å². The Morgan fingerprint density at radius 3 is 2.54 bits per heavy atom. The van der Waals surface area contributed by atoms with Crippen molar-refractivity contribution in [3.63, 3.8) is 0 Å². The van der Waals surface area contributed by atoms with Crippen molar-refractivity contribution in [2.45, 2.75) is 32.3 Å². The Hall–Kier alpha value is -2.28. The lowest BCUT2D eigenvalue weighted by Crippen LogP contribution is -2.28.